The Hall–Kier alpha value is -2.22. The monoisotopic (exact) mass is 309 g/mol. The number of rotatable bonds is 5. The van der Waals surface area contributed by atoms with Gasteiger partial charge in [0.2, 0.25) is 0 Å². The van der Waals surface area contributed by atoms with Gasteiger partial charge in [0, 0.05) is 11.6 Å². The molecular formula is C13H15N3O4S. The smallest absolute Gasteiger partial charge is 0.313 e. The summed E-state index contributed by atoms with van der Waals surface area (Å²) in [6, 6.07) is 4.39. The summed E-state index contributed by atoms with van der Waals surface area (Å²) in [5.41, 5.74) is 0.591. The molecule has 0 saturated carbocycles. The van der Waals surface area contributed by atoms with Crippen LogP contribution in [0.5, 0.6) is 11.5 Å². The predicted molar refractivity (Wildman–Crippen MR) is 77.5 cm³/mol. The first-order chi connectivity index (χ1) is 9.90. The standard InChI is InChI=1S/C13H15N3O4S/c1-7(2)16-12(8-3-4-9(17)10(18)5-8)14-15-13(16)21-6-11(19)20/h3-5,7,17-18H,6H2,1-2H3,(H,19,20). The number of carboxylic acids is 1. The molecule has 1 aromatic carbocycles. The number of phenolic OH excluding ortho intramolecular Hbond substituents is 2. The van der Waals surface area contributed by atoms with Crippen molar-refractivity contribution in [1.29, 1.82) is 0 Å². The summed E-state index contributed by atoms with van der Waals surface area (Å²) < 4.78 is 1.79. The van der Waals surface area contributed by atoms with Gasteiger partial charge >= 0.3 is 5.97 Å². The SMILES string of the molecule is CC(C)n1c(SCC(=O)O)nnc1-c1ccc(O)c(O)c1. The maximum absolute atomic E-state index is 10.7. The van der Waals surface area contributed by atoms with E-state index >= 15 is 0 Å². The quantitative estimate of drug-likeness (QED) is 0.573. The van der Waals surface area contributed by atoms with E-state index in [4.69, 9.17) is 5.11 Å². The lowest BCUT2D eigenvalue weighted by Gasteiger charge is -2.13. The molecular weight excluding hydrogens is 294 g/mol. The first-order valence-electron chi connectivity index (χ1n) is 6.22. The predicted octanol–water partition coefficient (Wildman–Crippen LogP) is 2.11. The van der Waals surface area contributed by atoms with E-state index in [1.54, 1.807) is 10.6 Å². The van der Waals surface area contributed by atoms with Crippen molar-refractivity contribution >= 4 is 17.7 Å². The summed E-state index contributed by atoms with van der Waals surface area (Å²) in [6.07, 6.45) is 0. The molecule has 0 bridgehead atoms. The van der Waals surface area contributed by atoms with Crippen molar-refractivity contribution in [2.24, 2.45) is 0 Å². The zero-order valence-electron chi connectivity index (χ0n) is 11.5. The number of thioether (sulfide) groups is 1. The van der Waals surface area contributed by atoms with Crippen LogP contribution in [0.4, 0.5) is 0 Å². The maximum Gasteiger partial charge on any atom is 0.313 e. The highest BCUT2D eigenvalue weighted by Gasteiger charge is 2.18. The highest BCUT2D eigenvalue weighted by molar-refractivity contribution is 7.99. The van der Waals surface area contributed by atoms with Crippen molar-refractivity contribution in [3.05, 3.63) is 18.2 Å². The molecule has 3 N–H and O–H groups in total. The minimum Gasteiger partial charge on any atom is -0.504 e. The summed E-state index contributed by atoms with van der Waals surface area (Å²) in [5.74, 6) is -0.984. The van der Waals surface area contributed by atoms with Gasteiger partial charge in [-0.1, -0.05) is 11.8 Å². The van der Waals surface area contributed by atoms with Crippen LogP contribution in [-0.2, 0) is 4.79 Å². The van der Waals surface area contributed by atoms with Crippen molar-refractivity contribution in [3.63, 3.8) is 0 Å². The lowest BCUT2D eigenvalue weighted by molar-refractivity contribution is -0.133. The Bertz CT molecular complexity index is 669. The number of aromatic hydroxyl groups is 2. The number of hydrogen-bond acceptors (Lipinski definition) is 6. The lowest BCUT2D eigenvalue weighted by atomic mass is 10.2. The Morgan fingerprint density at radius 3 is 2.57 bits per heavy atom. The molecule has 0 fully saturated rings. The van der Waals surface area contributed by atoms with E-state index in [0.717, 1.165) is 11.8 Å². The molecule has 7 nitrogen and oxygen atoms in total. The number of benzene rings is 1. The third-order valence-corrected chi connectivity index (χ3v) is 3.67. The first-order valence-corrected chi connectivity index (χ1v) is 7.20. The van der Waals surface area contributed by atoms with Crippen LogP contribution in [0, 0.1) is 0 Å². The molecule has 21 heavy (non-hydrogen) atoms. The summed E-state index contributed by atoms with van der Waals surface area (Å²) in [6.45, 7) is 3.86. The highest BCUT2D eigenvalue weighted by atomic mass is 32.2. The second kappa shape index (κ2) is 6.04. The second-order valence-corrected chi connectivity index (χ2v) is 5.60. The minimum atomic E-state index is -0.929. The molecule has 8 heteroatoms. The molecule has 0 atom stereocenters. The van der Waals surface area contributed by atoms with E-state index in [9.17, 15) is 15.0 Å². The van der Waals surface area contributed by atoms with Crippen LogP contribution in [0.25, 0.3) is 11.4 Å². The van der Waals surface area contributed by atoms with E-state index in [-0.39, 0.29) is 23.3 Å². The minimum absolute atomic E-state index is 0.0160. The van der Waals surface area contributed by atoms with Gasteiger partial charge in [-0.15, -0.1) is 10.2 Å². The van der Waals surface area contributed by atoms with Gasteiger partial charge in [0.05, 0.1) is 5.75 Å². The number of carboxylic acid groups (broad SMARTS) is 1. The number of nitrogens with zero attached hydrogens (tertiary/aromatic N) is 3. The average molecular weight is 309 g/mol. The highest BCUT2D eigenvalue weighted by Crippen LogP contribution is 2.32. The van der Waals surface area contributed by atoms with Crippen LogP contribution in [0.1, 0.15) is 19.9 Å². The van der Waals surface area contributed by atoms with Crippen molar-refractivity contribution in [1.82, 2.24) is 14.8 Å². The fourth-order valence-corrected chi connectivity index (χ4v) is 2.61. The van der Waals surface area contributed by atoms with Crippen LogP contribution < -0.4 is 0 Å². The fraction of sp³-hybridized carbons (Fsp3) is 0.308. The summed E-state index contributed by atoms with van der Waals surface area (Å²) in [7, 11) is 0. The van der Waals surface area contributed by atoms with Gasteiger partial charge in [-0.2, -0.15) is 0 Å². The maximum atomic E-state index is 10.7. The van der Waals surface area contributed by atoms with Crippen molar-refractivity contribution in [3.8, 4) is 22.9 Å². The molecule has 0 unspecified atom stereocenters. The topological polar surface area (TPSA) is 108 Å². The number of aromatic nitrogens is 3. The van der Waals surface area contributed by atoms with Crippen molar-refractivity contribution in [2.75, 3.05) is 5.75 Å². The molecule has 112 valence electrons. The zero-order valence-corrected chi connectivity index (χ0v) is 12.3. The van der Waals surface area contributed by atoms with Crippen LogP contribution in [-0.4, -0.2) is 41.8 Å². The molecule has 0 radical (unpaired) electrons. The number of phenols is 2. The molecule has 1 aromatic heterocycles. The summed E-state index contributed by atoms with van der Waals surface area (Å²) in [5, 5.41) is 36.3. The van der Waals surface area contributed by atoms with Gasteiger partial charge in [0.25, 0.3) is 0 Å². The zero-order chi connectivity index (χ0) is 15.6. The normalized spacial score (nSPS) is 11.0. The van der Waals surface area contributed by atoms with E-state index in [1.165, 1.54) is 12.1 Å². The van der Waals surface area contributed by atoms with Gasteiger partial charge in [0.1, 0.15) is 0 Å². The van der Waals surface area contributed by atoms with Gasteiger partial charge in [0.15, 0.2) is 22.5 Å². The van der Waals surface area contributed by atoms with E-state index < -0.39 is 5.97 Å². The van der Waals surface area contributed by atoms with Crippen molar-refractivity contribution in [2.45, 2.75) is 25.0 Å². The Balaban J connectivity index is 2.43. The third-order valence-electron chi connectivity index (χ3n) is 2.74. The number of aliphatic carboxylic acids is 1. The van der Waals surface area contributed by atoms with E-state index in [0.29, 0.717) is 16.5 Å². The van der Waals surface area contributed by atoms with Crippen LogP contribution in [0.3, 0.4) is 0 Å². The fourth-order valence-electron chi connectivity index (χ4n) is 1.83. The Labute approximate surface area is 125 Å². The van der Waals surface area contributed by atoms with Crippen LogP contribution in [0.15, 0.2) is 23.4 Å². The molecule has 0 aliphatic rings. The first kappa shape index (κ1) is 15.2. The molecule has 0 aliphatic carbocycles. The number of hydrogen-bond donors (Lipinski definition) is 3. The van der Waals surface area contributed by atoms with Crippen LogP contribution >= 0.6 is 11.8 Å². The third kappa shape index (κ3) is 3.27. The number of carbonyl (C=O) groups is 1. The molecule has 1 heterocycles. The van der Waals surface area contributed by atoms with Gasteiger partial charge in [-0.05, 0) is 32.0 Å². The lowest BCUT2D eigenvalue weighted by Crippen LogP contribution is -2.07. The Morgan fingerprint density at radius 2 is 2.00 bits per heavy atom. The average Bonchev–Trinajstić information content (AvgIpc) is 2.83. The second-order valence-electron chi connectivity index (χ2n) is 4.66. The Morgan fingerprint density at radius 1 is 1.29 bits per heavy atom. The molecule has 2 rings (SSSR count). The van der Waals surface area contributed by atoms with Gasteiger partial charge < -0.3 is 15.3 Å². The van der Waals surface area contributed by atoms with Gasteiger partial charge in [-0.25, -0.2) is 0 Å². The van der Waals surface area contributed by atoms with Gasteiger partial charge in [-0.3, -0.25) is 9.36 Å². The molecule has 2 aromatic rings. The molecule has 0 aliphatic heterocycles. The van der Waals surface area contributed by atoms with E-state index in [2.05, 4.69) is 10.2 Å². The summed E-state index contributed by atoms with van der Waals surface area (Å²) in [4.78, 5) is 10.7. The largest absolute Gasteiger partial charge is 0.504 e. The van der Waals surface area contributed by atoms with E-state index in [1.807, 2.05) is 13.8 Å². The van der Waals surface area contributed by atoms with Crippen molar-refractivity contribution < 1.29 is 20.1 Å². The molecule has 0 spiro atoms. The van der Waals surface area contributed by atoms with Crippen LogP contribution in [0.2, 0.25) is 0 Å². The molecule has 0 saturated heterocycles. The molecule has 0 amide bonds. The summed E-state index contributed by atoms with van der Waals surface area (Å²) >= 11 is 1.08. The Kier molecular flexibility index (Phi) is 4.37.